The highest BCUT2D eigenvalue weighted by Crippen LogP contribution is 2.40. The van der Waals surface area contributed by atoms with Gasteiger partial charge < -0.3 is 15.7 Å². The van der Waals surface area contributed by atoms with Crippen LogP contribution in [-0.2, 0) is 0 Å². The molecule has 3 N–H and O–H groups in total. The number of aromatic nitrogens is 2. The van der Waals surface area contributed by atoms with Crippen molar-refractivity contribution in [1.82, 2.24) is 9.97 Å². The van der Waals surface area contributed by atoms with Crippen LogP contribution in [0.4, 0.5) is 11.6 Å². The molecular formula is C16H28N4O. The second-order valence-corrected chi connectivity index (χ2v) is 6.96. The van der Waals surface area contributed by atoms with Crippen LogP contribution in [0.2, 0.25) is 0 Å². The minimum atomic E-state index is -0.621. The summed E-state index contributed by atoms with van der Waals surface area (Å²) in [5.41, 5.74) is -0.264. The van der Waals surface area contributed by atoms with Crippen molar-refractivity contribution in [2.24, 2.45) is 5.41 Å². The molecule has 1 aromatic heterocycles. The summed E-state index contributed by atoms with van der Waals surface area (Å²) >= 11 is 0. The van der Waals surface area contributed by atoms with Crippen molar-refractivity contribution in [3.63, 3.8) is 0 Å². The molecular weight excluding hydrogens is 264 g/mol. The van der Waals surface area contributed by atoms with Gasteiger partial charge in [0.05, 0.1) is 18.0 Å². The molecule has 0 aromatic carbocycles. The van der Waals surface area contributed by atoms with E-state index in [1.165, 1.54) is 0 Å². The normalized spacial score (nSPS) is 20.0. The first-order valence-corrected chi connectivity index (χ1v) is 7.95. The van der Waals surface area contributed by atoms with Gasteiger partial charge in [0.2, 0.25) is 0 Å². The molecule has 0 atom stereocenters. The topological polar surface area (TPSA) is 70.1 Å². The second kappa shape index (κ2) is 6.60. The molecule has 118 valence electrons. The Labute approximate surface area is 127 Å². The summed E-state index contributed by atoms with van der Waals surface area (Å²) in [5, 5.41) is 17.1. The molecule has 0 spiro atoms. The maximum Gasteiger partial charge on any atom is 0.147 e. The van der Waals surface area contributed by atoms with Crippen LogP contribution in [0.15, 0.2) is 12.4 Å². The van der Waals surface area contributed by atoms with Gasteiger partial charge in [0.25, 0.3) is 0 Å². The largest absolute Gasteiger partial charge is 0.388 e. The Hall–Kier alpha value is -1.36. The number of nitrogens with zero attached hydrogens (tertiary/aromatic N) is 2. The first kappa shape index (κ1) is 16.0. The lowest BCUT2D eigenvalue weighted by atomic mass is 9.71. The number of anilines is 2. The molecule has 5 heteroatoms. The maximum absolute atomic E-state index is 10.6. The monoisotopic (exact) mass is 292 g/mol. The standard InChI is InChI=1S/C16H28N4O/c1-4-9-18-13-10-17-11-14(20-13)19-12-16(21)7-5-15(2,3)6-8-16/h10-11,21H,4-9,12H2,1-3H3,(H2,18,19,20). The molecule has 21 heavy (non-hydrogen) atoms. The number of hydrogen-bond acceptors (Lipinski definition) is 5. The Balaban J connectivity index is 1.88. The van der Waals surface area contributed by atoms with E-state index in [4.69, 9.17) is 0 Å². The van der Waals surface area contributed by atoms with Crippen molar-refractivity contribution < 1.29 is 5.11 Å². The number of hydrogen-bond donors (Lipinski definition) is 3. The smallest absolute Gasteiger partial charge is 0.147 e. The summed E-state index contributed by atoms with van der Waals surface area (Å²) in [4.78, 5) is 8.64. The van der Waals surface area contributed by atoms with E-state index in [1.54, 1.807) is 12.4 Å². The van der Waals surface area contributed by atoms with E-state index in [2.05, 4.69) is 41.4 Å². The Kier molecular flexibility index (Phi) is 5.04. The summed E-state index contributed by atoms with van der Waals surface area (Å²) in [6.07, 6.45) is 8.28. The van der Waals surface area contributed by atoms with Gasteiger partial charge in [0.1, 0.15) is 11.6 Å². The molecule has 0 bridgehead atoms. The third-order valence-electron chi connectivity index (χ3n) is 4.32. The zero-order chi connectivity index (χ0) is 15.3. The van der Waals surface area contributed by atoms with E-state index in [9.17, 15) is 5.11 Å². The lowest BCUT2D eigenvalue weighted by Gasteiger charge is -2.40. The SMILES string of the molecule is CCCNc1cncc(NCC2(O)CCC(C)(C)CC2)n1. The molecule has 1 aliphatic carbocycles. The quantitative estimate of drug-likeness (QED) is 0.752. The van der Waals surface area contributed by atoms with E-state index in [0.29, 0.717) is 12.0 Å². The summed E-state index contributed by atoms with van der Waals surface area (Å²) in [6, 6.07) is 0. The molecule has 2 rings (SSSR count). The van der Waals surface area contributed by atoms with Crippen molar-refractivity contribution in [2.45, 2.75) is 58.5 Å². The predicted molar refractivity (Wildman–Crippen MR) is 86.5 cm³/mol. The maximum atomic E-state index is 10.6. The first-order chi connectivity index (χ1) is 9.92. The lowest BCUT2D eigenvalue weighted by molar-refractivity contribution is -0.0145. The van der Waals surface area contributed by atoms with Crippen LogP contribution in [-0.4, -0.2) is 33.8 Å². The van der Waals surface area contributed by atoms with Crippen molar-refractivity contribution in [3.05, 3.63) is 12.4 Å². The molecule has 1 fully saturated rings. The molecule has 0 unspecified atom stereocenters. The van der Waals surface area contributed by atoms with E-state index < -0.39 is 5.60 Å². The fraction of sp³-hybridized carbons (Fsp3) is 0.750. The van der Waals surface area contributed by atoms with E-state index in [0.717, 1.165) is 50.3 Å². The summed E-state index contributed by atoms with van der Waals surface area (Å²) < 4.78 is 0. The highest BCUT2D eigenvalue weighted by molar-refractivity contribution is 5.41. The molecule has 0 radical (unpaired) electrons. The van der Waals surface area contributed by atoms with Crippen molar-refractivity contribution in [2.75, 3.05) is 23.7 Å². The van der Waals surface area contributed by atoms with E-state index >= 15 is 0 Å². The highest BCUT2D eigenvalue weighted by atomic mass is 16.3. The molecule has 1 heterocycles. The van der Waals surface area contributed by atoms with Gasteiger partial charge in [-0.15, -0.1) is 0 Å². The van der Waals surface area contributed by atoms with Crippen LogP contribution in [0, 0.1) is 5.41 Å². The molecule has 1 aliphatic rings. The zero-order valence-electron chi connectivity index (χ0n) is 13.4. The van der Waals surface area contributed by atoms with Gasteiger partial charge in [-0.3, -0.25) is 4.98 Å². The highest BCUT2D eigenvalue weighted by Gasteiger charge is 2.36. The van der Waals surface area contributed by atoms with Gasteiger partial charge in [-0.05, 0) is 37.5 Å². The Morgan fingerprint density at radius 3 is 2.33 bits per heavy atom. The number of aliphatic hydroxyl groups is 1. The van der Waals surface area contributed by atoms with Crippen molar-refractivity contribution >= 4 is 11.6 Å². The van der Waals surface area contributed by atoms with Crippen LogP contribution in [0.5, 0.6) is 0 Å². The van der Waals surface area contributed by atoms with E-state index in [-0.39, 0.29) is 0 Å². The van der Waals surface area contributed by atoms with Crippen LogP contribution in [0.25, 0.3) is 0 Å². The second-order valence-electron chi connectivity index (χ2n) is 6.96. The van der Waals surface area contributed by atoms with Crippen LogP contribution < -0.4 is 10.6 Å². The Bertz CT molecular complexity index is 451. The molecule has 1 aromatic rings. The summed E-state index contributed by atoms with van der Waals surface area (Å²) in [6.45, 7) is 8.08. The van der Waals surface area contributed by atoms with Gasteiger partial charge >= 0.3 is 0 Å². The van der Waals surface area contributed by atoms with Gasteiger partial charge in [-0.1, -0.05) is 20.8 Å². The van der Waals surface area contributed by atoms with E-state index in [1.807, 2.05) is 0 Å². The van der Waals surface area contributed by atoms with Crippen LogP contribution >= 0.6 is 0 Å². The Morgan fingerprint density at radius 1 is 1.10 bits per heavy atom. The van der Waals surface area contributed by atoms with Crippen molar-refractivity contribution in [1.29, 1.82) is 0 Å². The summed E-state index contributed by atoms with van der Waals surface area (Å²) in [7, 11) is 0. The number of rotatable bonds is 6. The fourth-order valence-corrected chi connectivity index (χ4v) is 2.61. The third-order valence-corrected chi connectivity index (χ3v) is 4.32. The molecule has 0 saturated heterocycles. The average Bonchev–Trinajstić information content (AvgIpc) is 2.47. The molecule has 1 saturated carbocycles. The lowest BCUT2D eigenvalue weighted by Crippen LogP contribution is -2.42. The molecule has 5 nitrogen and oxygen atoms in total. The molecule has 0 amide bonds. The van der Waals surface area contributed by atoms with Gasteiger partial charge in [-0.25, -0.2) is 4.98 Å². The summed E-state index contributed by atoms with van der Waals surface area (Å²) in [5.74, 6) is 1.49. The van der Waals surface area contributed by atoms with Gasteiger partial charge in [0.15, 0.2) is 0 Å². The van der Waals surface area contributed by atoms with Crippen molar-refractivity contribution in [3.8, 4) is 0 Å². The van der Waals surface area contributed by atoms with Gasteiger partial charge in [-0.2, -0.15) is 0 Å². The fourth-order valence-electron chi connectivity index (χ4n) is 2.61. The van der Waals surface area contributed by atoms with Crippen LogP contribution in [0.3, 0.4) is 0 Å². The third kappa shape index (κ3) is 4.84. The minimum absolute atomic E-state index is 0.357. The predicted octanol–water partition coefficient (Wildman–Crippen LogP) is 3.04. The first-order valence-electron chi connectivity index (χ1n) is 7.95. The average molecular weight is 292 g/mol. The molecule has 0 aliphatic heterocycles. The minimum Gasteiger partial charge on any atom is -0.388 e. The van der Waals surface area contributed by atoms with Crippen LogP contribution in [0.1, 0.15) is 52.9 Å². The van der Waals surface area contributed by atoms with Gasteiger partial charge in [0, 0.05) is 13.1 Å². The number of nitrogens with one attached hydrogen (secondary N) is 2. The Morgan fingerprint density at radius 2 is 1.71 bits per heavy atom. The zero-order valence-corrected chi connectivity index (χ0v) is 13.4.